The van der Waals surface area contributed by atoms with Crippen molar-refractivity contribution in [2.24, 2.45) is 5.41 Å². The summed E-state index contributed by atoms with van der Waals surface area (Å²) in [4.78, 5) is 2.40. The minimum Gasteiger partial charge on any atom is -0.493 e. The zero-order valence-electron chi connectivity index (χ0n) is 19.4. The molecule has 6 nitrogen and oxygen atoms in total. The molecule has 0 saturated heterocycles. The minimum atomic E-state index is -0.602. The van der Waals surface area contributed by atoms with Gasteiger partial charge in [0.2, 0.25) is 0 Å². The van der Waals surface area contributed by atoms with E-state index in [1.54, 1.807) is 14.2 Å². The van der Waals surface area contributed by atoms with E-state index in [0.717, 1.165) is 55.2 Å². The molecule has 2 aromatic rings. The van der Waals surface area contributed by atoms with Crippen LogP contribution in [0, 0.1) is 16.7 Å². The number of fused-ring (bicyclic) bond motifs is 2. The van der Waals surface area contributed by atoms with Crippen molar-refractivity contribution in [2.75, 3.05) is 27.9 Å². The van der Waals surface area contributed by atoms with E-state index >= 15 is 0 Å². The lowest BCUT2D eigenvalue weighted by molar-refractivity contribution is 0.0191. The Bertz CT molecular complexity index is 1000. The standard InChI is InChI=1S/C26H32N2O4/c1-26(17-27,25-16-31-21-9-5-6-10-22(21)32-25)11-7-8-20-12-18-13-23(29-3)24(30-4)14-19(18)15-28(20)2/h5-6,9-10,13-14,20,25H,7-8,11-12,15-16H2,1-4H3. The van der Waals surface area contributed by atoms with Crippen molar-refractivity contribution in [3.63, 3.8) is 0 Å². The van der Waals surface area contributed by atoms with E-state index < -0.39 is 5.41 Å². The van der Waals surface area contributed by atoms with Gasteiger partial charge in [0.25, 0.3) is 0 Å². The Hall–Kier alpha value is -2.91. The molecule has 32 heavy (non-hydrogen) atoms. The minimum absolute atomic E-state index is 0.274. The molecule has 2 aliphatic rings. The summed E-state index contributed by atoms with van der Waals surface area (Å²) in [6.07, 6.45) is 3.42. The van der Waals surface area contributed by atoms with Crippen LogP contribution >= 0.6 is 0 Å². The smallest absolute Gasteiger partial charge is 0.161 e. The average molecular weight is 437 g/mol. The topological polar surface area (TPSA) is 64.0 Å². The molecule has 0 radical (unpaired) electrons. The first-order valence-corrected chi connectivity index (χ1v) is 11.2. The number of methoxy groups -OCH3 is 2. The first kappa shape index (κ1) is 22.3. The molecule has 0 saturated carbocycles. The van der Waals surface area contributed by atoms with Crippen LogP contribution in [-0.2, 0) is 13.0 Å². The first-order chi connectivity index (χ1) is 15.5. The van der Waals surface area contributed by atoms with Crippen LogP contribution in [0.2, 0.25) is 0 Å². The van der Waals surface area contributed by atoms with Crippen LogP contribution in [0.15, 0.2) is 36.4 Å². The third-order valence-corrected chi connectivity index (χ3v) is 6.91. The Kier molecular flexibility index (Phi) is 6.48. The van der Waals surface area contributed by atoms with Crippen molar-refractivity contribution in [1.82, 2.24) is 4.90 Å². The van der Waals surface area contributed by atoms with Gasteiger partial charge in [-0.25, -0.2) is 0 Å². The van der Waals surface area contributed by atoms with E-state index in [-0.39, 0.29) is 6.10 Å². The van der Waals surface area contributed by atoms with E-state index in [9.17, 15) is 5.26 Å². The van der Waals surface area contributed by atoms with Crippen molar-refractivity contribution < 1.29 is 18.9 Å². The molecule has 0 N–H and O–H groups in total. The molecule has 3 unspecified atom stereocenters. The highest BCUT2D eigenvalue weighted by Crippen LogP contribution is 2.39. The Morgan fingerprint density at radius 1 is 1.12 bits per heavy atom. The molecule has 0 amide bonds. The maximum absolute atomic E-state index is 9.99. The number of nitrogens with zero attached hydrogens (tertiary/aromatic N) is 2. The van der Waals surface area contributed by atoms with Gasteiger partial charge in [0.15, 0.2) is 29.1 Å². The largest absolute Gasteiger partial charge is 0.493 e. The molecule has 0 aromatic heterocycles. The molecule has 6 heteroatoms. The fourth-order valence-corrected chi connectivity index (χ4v) is 4.76. The monoisotopic (exact) mass is 436 g/mol. The second-order valence-electron chi connectivity index (χ2n) is 9.03. The zero-order valence-corrected chi connectivity index (χ0v) is 19.4. The second kappa shape index (κ2) is 9.30. The zero-order chi connectivity index (χ0) is 22.7. The summed E-state index contributed by atoms with van der Waals surface area (Å²) >= 11 is 0. The number of likely N-dealkylation sites (N-methyl/N-ethyl adjacent to an activating group) is 1. The summed E-state index contributed by atoms with van der Waals surface area (Å²) in [6.45, 7) is 3.28. The maximum atomic E-state index is 9.99. The van der Waals surface area contributed by atoms with Crippen molar-refractivity contribution in [1.29, 1.82) is 5.26 Å². The third-order valence-electron chi connectivity index (χ3n) is 6.91. The lowest BCUT2D eigenvalue weighted by Gasteiger charge is -2.37. The van der Waals surface area contributed by atoms with Crippen LogP contribution in [-0.4, -0.2) is 44.9 Å². The molecule has 2 heterocycles. The lowest BCUT2D eigenvalue weighted by Crippen LogP contribution is -2.43. The number of rotatable bonds is 7. The van der Waals surface area contributed by atoms with E-state index in [1.807, 2.05) is 31.2 Å². The third kappa shape index (κ3) is 4.35. The van der Waals surface area contributed by atoms with Crippen LogP contribution in [0.3, 0.4) is 0 Å². The fraction of sp³-hybridized carbons (Fsp3) is 0.500. The van der Waals surface area contributed by atoms with Gasteiger partial charge in [-0.3, -0.25) is 4.90 Å². The number of para-hydroxylation sites is 2. The van der Waals surface area contributed by atoms with Crippen molar-refractivity contribution >= 4 is 0 Å². The van der Waals surface area contributed by atoms with Gasteiger partial charge in [0.05, 0.1) is 25.7 Å². The summed E-state index contributed by atoms with van der Waals surface area (Å²) in [6, 6.07) is 14.8. The van der Waals surface area contributed by atoms with Gasteiger partial charge in [-0.2, -0.15) is 5.26 Å². The van der Waals surface area contributed by atoms with Gasteiger partial charge in [0, 0.05) is 12.6 Å². The van der Waals surface area contributed by atoms with Crippen LogP contribution in [0.1, 0.15) is 37.3 Å². The fourth-order valence-electron chi connectivity index (χ4n) is 4.76. The van der Waals surface area contributed by atoms with Gasteiger partial charge < -0.3 is 18.9 Å². The molecular weight excluding hydrogens is 404 g/mol. The number of hydrogen-bond acceptors (Lipinski definition) is 6. The molecule has 2 aliphatic heterocycles. The highest BCUT2D eigenvalue weighted by molar-refractivity contribution is 5.48. The normalized spacial score (nSPS) is 21.7. The SMILES string of the molecule is COc1cc2c(cc1OC)CN(C)C(CCCC(C)(C#N)C1COc3ccccc3O1)C2. The summed E-state index contributed by atoms with van der Waals surface area (Å²) in [7, 11) is 5.52. The second-order valence-corrected chi connectivity index (χ2v) is 9.03. The Morgan fingerprint density at radius 3 is 2.50 bits per heavy atom. The van der Waals surface area contributed by atoms with Crippen molar-refractivity contribution in [3.8, 4) is 29.1 Å². The summed E-state index contributed by atoms with van der Waals surface area (Å²) < 4.78 is 23.0. The number of benzene rings is 2. The molecule has 0 fully saturated rings. The van der Waals surface area contributed by atoms with Crippen LogP contribution in [0.25, 0.3) is 0 Å². The predicted octanol–water partition coefficient (Wildman–Crippen LogP) is 4.60. The van der Waals surface area contributed by atoms with Gasteiger partial charge in [-0.15, -0.1) is 0 Å². The highest BCUT2D eigenvalue weighted by Gasteiger charge is 2.39. The van der Waals surface area contributed by atoms with Crippen molar-refractivity contribution in [2.45, 2.75) is 51.3 Å². The van der Waals surface area contributed by atoms with E-state index in [2.05, 4.69) is 30.1 Å². The summed E-state index contributed by atoms with van der Waals surface area (Å²) in [5, 5.41) is 9.99. The van der Waals surface area contributed by atoms with Gasteiger partial charge in [-0.05, 0) is 68.6 Å². The van der Waals surface area contributed by atoms with E-state index in [1.165, 1.54) is 11.1 Å². The van der Waals surface area contributed by atoms with Crippen molar-refractivity contribution in [3.05, 3.63) is 47.5 Å². The Morgan fingerprint density at radius 2 is 1.81 bits per heavy atom. The van der Waals surface area contributed by atoms with Crippen LogP contribution in [0.5, 0.6) is 23.0 Å². The number of hydrogen-bond donors (Lipinski definition) is 0. The summed E-state index contributed by atoms with van der Waals surface area (Å²) in [5.41, 5.74) is 2.00. The predicted molar refractivity (Wildman–Crippen MR) is 122 cm³/mol. The van der Waals surface area contributed by atoms with Gasteiger partial charge >= 0.3 is 0 Å². The molecule has 0 spiro atoms. The summed E-state index contributed by atoms with van der Waals surface area (Å²) in [5.74, 6) is 3.03. The Balaban J connectivity index is 1.39. The average Bonchev–Trinajstić information content (AvgIpc) is 2.83. The number of nitriles is 1. The van der Waals surface area contributed by atoms with Gasteiger partial charge in [0.1, 0.15) is 6.61 Å². The van der Waals surface area contributed by atoms with Crippen LogP contribution < -0.4 is 18.9 Å². The Labute approximate surface area is 190 Å². The lowest BCUT2D eigenvalue weighted by atomic mass is 9.79. The van der Waals surface area contributed by atoms with E-state index in [4.69, 9.17) is 18.9 Å². The molecule has 170 valence electrons. The van der Waals surface area contributed by atoms with E-state index in [0.29, 0.717) is 12.6 Å². The number of ether oxygens (including phenoxy) is 4. The molecule has 4 rings (SSSR count). The molecule has 2 aromatic carbocycles. The quantitative estimate of drug-likeness (QED) is 0.632. The van der Waals surface area contributed by atoms with Gasteiger partial charge in [-0.1, -0.05) is 18.6 Å². The molecule has 0 bridgehead atoms. The molecule has 3 atom stereocenters. The maximum Gasteiger partial charge on any atom is 0.161 e. The molecular formula is C26H32N2O4. The molecule has 0 aliphatic carbocycles. The highest BCUT2D eigenvalue weighted by atomic mass is 16.6. The van der Waals surface area contributed by atoms with Crippen LogP contribution in [0.4, 0.5) is 0 Å². The first-order valence-electron chi connectivity index (χ1n) is 11.2.